The van der Waals surface area contributed by atoms with E-state index in [0.29, 0.717) is 23.6 Å². The number of methoxy groups -OCH3 is 1. The molecule has 0 aliphatic carbocycles. The highest BCUT2D eigenvalue weighted by Crippen LogP contribution is 2.15. The molecule has 19 heavy (non-hydrogen) atoms. The lowest BCUT2D eigenvalue weighted by Crippen LogP contribution is -2.33. The average molecular weight is 267 g/mol. The van der Waals surface area contributed by atoms with Gasteiger partial charge in [-0.15, -0.1) is 0 Å². The van der Waals surface area contributed by atoms with Crippen LogP contribution in [0.3, 0.4) is 0 Å². The largest absolute Gasteiger partial charge is 0.497 e. The predicted octanol–water partition coefficient (Wildman–Crippen LogP) is 0.0956. The Kier molecular flexibility index (Phi) is 6.69. The summed E-state index contributed by atoms with van der Waals surface area (Å²) in [5.41, 5.74) is 0.318. The molecule has 0 unspecified atom stereocenters. The van der Waals surface area contributed by atoms with E-state index in [4.69, 9.17) is 9.47 Å². The van der Waals surface area contributed by atoms with Gasteiger partial charge < -0.3 is 24.4 Å². The van der Waals surface area contributed by atoms with Crippen LogP contribution in [0.5, 0.6) is 11.5 Å². The van der Waals surface area contributed by atoms with Gasteiger partial charge in [-0.25, -0.2) is 0 Å². The van der Waals surface area contributed by atoms with Crippen molar-refractivity contribution in [1.82, 2.24) is 4.90 Å². The molecule has 0 bridgehead atoms. The second kappa shape index (κ2) is 8.04. The maximum Gasteiger partial charge on any atom is 0.492 e. The van der Waals surface area contributed by atoms with Crippen LogP contribution in [-0.4, -0.2) is 55.4 Å². The zero-order chi connectivity index (χ0) is 14.3. The third-order valence-corrected chi connectivity index (χ3v) is 3.05. The zero-order valence-corrected chi connectivity index (χ0v) is 11.8. The molecule has 0 saturated heterocycles. The minimum Gasteiger partial charge on any atom is -0.497 e. The van der Waals surface area contributed by atoms with E-state index in [-0.39, 0.29) is 0 Å². The van der Waals surface area contributed by atoms with Gasteiger partial charge in [-0.2, -0.15) is 0 Å². The van der Waals surface area contributed by atoms with Gasteiger partial charge in [0.2, 0.25) is 0 Å². The summed E-state index contributed by atoms with van der Waals surface area (Å²) in [7, 11) is -0.0393. The highest BCUT2D eigenvalue weighted by molar-refractivity contribution is 6.59. The highest BCUT2D eigenvalue weighted by atomic mass is 16.5. The molecule has 1 aromatic carbocycles. The first-order chi connectivity index (χ1) is 9.12. The molecule has 1 rings (SSSR count). The van der Waals surface area contributed by atoms with Gasteiger partial charge in [0.15, 0.2) is 0 Å². The van der Waals surface area contributed by atoms with Crippen LogP contribution in [0.4, 0.5) is 0 Å². The lowest BCUT2D eigenvalue weighted by Gasteiger charge is -2.19. The lowest BCUT2D eigenvalue weighted by atomic mass is 9.79. The molecule has 0 fully saturated rings. The van der Waals surface area contributed by atoms with Gasteiger partial charge >= 0.3 is 7.12 Å². The summed E-state index contributed by atoms with van der Waals surface area (Å²) in [5.74, 6) is 1.04. The third kappa shape index (κ3) is 4.74. The number of rotatable bonds is 8. The summed E-state index contributed by atoms with van der Waals surface area (Å²) >= 11 is 0. The smallest absolute Gasteiger partial charge is 0.492 e. The van der Waals surface area contributed by atoms with Crippen molar-refractivity contribution in [3.05, 3.63) is 18.2 Å². The topological polar surface area (TPSA) is 62.2 Å². The number of likely N-dealkylation sites (N-methyl/N-ethyl adjacent to an activating group) is 1. The molecule has 0 spiro atoms. The summed E-state index contributed by atoms with van der Waals surface area (Å²) in [5, 5.41) is 18.7. The second-order valence-corrected chi connectivity index (χ2v) is 4.15. The summed E-state index contributed by atoms with van der Waals surface area (Å²) in [6.07, 6.45) is 0. The maximum absolute atomic E-state index is 9.33. The first-order valence-electron chi connectivity index (χ1n) is 6.51. The van der Waals surface area contributed by atoms with E-state index in [1.807, 2.05) is 0 Å². The van der Waals surface area contributed by atoms with E-state index in [1.54, 1.807) is 18.2 Å². The molecule has 0 amide bonds. The van der Waals surface area contributed by atoms with Gasteiger partial charge in [-0.1, -0.05) is 13.8 Å². The van der Waals surface area contributed by atoms with Crippen molar-refractivity contribution in [3.63, 3.8) is 0 Å². The van der Waals surface area contributed by atoms with Gasteiger partial charge in [0.05, 0.1) is 7.11 Å². The summed E-state index contributed by atoms with van der Waals surface area (Å²) < 4.78 is 10.7. The Morgan fingerprint density at radius 1 is 1.21 bits per heavy atom. The molecule has 0 atom stereocenters. The zero-order valence-electron chi connectivity index (χ0n) is 11.8. The molecule has 106 valence electrons. The summed E-state index contributed by atoms with van der Waals surface area (Å²) in [4.78, 5) is 2.23. The molecule has 6 heteroatoms. The molecule has 0 saturated carbocycles. The third-order valence-electron chi connectivity index (χ3n) is 3.05. The predicted molar refractivity (Wildman–Crippen MR) is 76.1 cm³/mol. The second-order valence-electron chi connectivity index (χ2n) is 4.15. The maximum atomic E-state index is 9.33. The van der Waals surface area contributed by atoms with Crippen molar-refractivity contribution >= 4 is 12.6 Å². The molecule has 0 radical (unpaired) electrons. The Morgan fingerprint density at radius 2 is 1.89 bits per heavy atom. The Morgan fingerprint density at radius 3 is 2.42 bits per heavy atom. The Balaban J connectivity index is 2.67. The molecular formula is C13H22BNO4. The van der Waals surface area contributed by atoms with E-state index < -0.39 is 7.12 Å². The number of benzene rings is 1. The molecule has 5 nitrogen and oxygen atoms in total. The average Bonchev–Trinajstić information content (AvgIpc) is 2.43. The van der Waals surface area contributed by atoms with Crippen molar-refractivity contribution < 1.29 is 19.5 Å². The monoisotopic (exact) mass is 267 g/mol. The van der Waals surface area contributed by atoms with Gasteiger partial charge in [0, 0.05) is 12.0 Å². The van der Waals surface area contributed by atoms with Crippen molar-refractivity contribution in [3.8, 4) is 11.5 Å². The van der Waals surface area contributed by atoms with Crippen LogP contribution in [0.1, 0.15) is 13.8 Å². The van der Waals surface area contributed by atoms with Gasteiger partial charge in [-0.3, -0.25) is 0 Å². The van der Waals surface area contributed by atoms with Gasteiger partial charge in [0.1, 0.15) is 18.1 Å². The van der Waals surface area contributed by atoms with Crippen LogP contribution < -0.4 is 14.9 Å². The molecule has 0 heterocycles. The fourth-order valence-electron chi connectivity index (χ4n) is 1.81. The van der Waals surface area contributed by atoms with Crippen molar-refractivity contribution in [2.75, 3.05) is 33.4 Å². The molecule has 0 aromatic heterocycles. The van der Waals surface area contributed by atoms with E-state index in [1.165, 1.54) is 7.11 Å². The van der Waals surface area contributed by atoms with Crippen LogP contribution >= 0.6 is 0 Å². The highest BCUT2D eigenvalue weighted by Gasteiger charge is 2.18. The number of ether oxygens (including phenoxy) is 2. The molecule has 1 aromatic rings. The van der Waals surface area contributed by atoms with E-state index in [2.05, 4.69) is 18.7 Å². The van der Waals surface area contributed by atoms with Crippen molar-refractivity contribution in [2.24, 2.45) is 0 Å². The van der Waals surface area contributed by atoms with Crippen LogP contribution in [0.15, 0.2) is 18.2 Å². The first kappa shape index (κ1) is 15.8. The quantitative estimate of drug-likeness (QED) is 0.654. The van der Waals surface area contributed by atoms with Crippen LogP contribution in [0.25, 0.3) is 0 Å². The summed E-state index contributed by atoms with van der Waals surface area (Å²) in [6.45, 7) is 7.45. The fourth-order valence-corrected chi connectivity index (χ4v) is 1.81. The van der Waals surface area contributed by atoms with Crippen molar-refractivity contribution in [1.29, 1.82) is 0 Å². The minimum absolute atomic E-state index is 0.318. The minimum atomic E-state index is -1.57. The summed E-state index contributed by atoms with van der Waals surface area (Å²) in [6, 6.07) is 4.99. The van der Waals surface area contributed by atoms with Crippen LogP contribution in [0, 0.1) is 0 Å². The fraction of sp³-hybridized carbons (Fsp3) is 0.538. The SMILES string of the molecule is CCN(CC)CCOc1ccc(OC)cc1B(O)O. The molecular weight excluding hydrogens is 245 g/mol. The molecule has 0 aliphatic rings. The van der Waals surface area contributed by atoms with E-state index in [9.17, 15) is 10.0 Å². The number of hydrogen-bond acceptors (Lipinski definition) is 5. The first-order valence-corrected chi connectivity index (χ1v) is 6.51. The number of hydrogen-bond donors (Lipinski definition) is 2. The Labute approximate surface area is 114 Å². The van der Waals surface area contributed by atoms with Crippen LogP contribution in [-0.2, 0) is 0 Å². The normalized spacial score (nSPS) is 10.6. The Hall–Kier alpha value is -1.24. The lowest BCUT2D eigenvalue weighted by molar-refractivity contribution is 0.223. The standard InChI is InChI=1S/C13H22BNO4/c1-4-15(5-2)8-9-19-13-7-6-11(18-3)10-12(13)14(16)17/h6-7,10,16-17H,4-5,8-9H2,1-3H3. The van der Waals surface area contributed by atoms with Gasteiger partial charge in [-0.05, 0) is 31.3 Å². The molecule has 2 N–H and O–H groups in total. The van der Waals surface area contributed by atoms with E-state index in [0.717, 1.165) is 19.6 Å². The number of nitrogens with zero attached hydrogens (tertiary/aromatic N) is 1. The van der Waals surface area contributed by atoms with Crippen molar-refractivity contribution in [2.45, 2.75) is 13.8 Å². The van der Waals surface area contributed by atoms with E-state index >= 15 is 0 Å². The molecule has 0 aliphatic heterocycles. The van der Waals surface area contributed by atoms with Gasteiger partial charge in [0.25, 0.3) is 0 Å². The van der Waals surface area contributed by atoms with Crippen LogP contribution in [0.2, 0.25) is 0 Å². The Bertz CT molecular complexity index is 383.